The Morgan fingerprint density at radius 3 is 2.97 bits per heavy atom. The lowest BCUT2D eigenvalue weighted by Crippen LogP contribution is -2.35. The Bertz CT molecular complexity index is 1110. The number of carbonyl (C=O) groups excluding carboxylic acids is 1. The molecule has 0 atom stereocenters. The minimum atomic E-state index is -0.362. The van der Waals surface area contributed by atoms with Crippen LogP contribution in [0.2, 0.25) is 0 Å². The van der Waals surface area contributed by atoms with Crippen LogP contribution in [-0.4, -0.2) is 57.1 Å². The number of pyridine rings is 1. The summed E-state index contributed by atoms with van der Waals surface area (Å²) in [6.07, 6.45) is 6.67. The van der Waals surface area contributed by atoms with Gasteiger partial charge in [-0.15, -0.1) is 0 Å². The van der Waals surface area contributed by atoms with Crippen LogP contribution >= 0.6 is 0 Å². The van der Waals surface area contributed by atoms with Gasteiger partial charge in [0.25, 0.3) is 5.91 Å². The van der Waals surface area contributed by atoms with Crippen molar-refractivity contribution in [3.63, 3.8) is 0 Å². The van der Waals surface area contributed by atoms with E-state index < -0.39 is 0 Å². The molecule has 10 heteroatoms. The van der Waals surface area contributed by atoms with Crippen LogP contribution in [0.4, 0.5) is 5.95 Å². The van der Waals surface area contributed by atoms with E-state index in [4.69, 9.17) is 10.00 Å². The van der Waals surface area contributed by atoms with Gasteiger partial charge in [0.1, 0.15) is 5.65 Å². The van der Waals surface area contributed by atoms with E-state index in [2.05, 4.69) is 53.5 Å². The number of rotatable bonds is 8. The number of hydrogen-bond acceptors (Lipinski definition) is 8. The molecule has 10 nitrogen and oxygen atoms in total. The number of fused-ring (bicyclic) bond motifs is 1. The van der Waals surface area contributed by atoms with Crippen LogP contribution in [0.25, 0.3) is 11.0 Å². The first-order valence-electron chi connectivity index (χ1n) is 10.9. The van der Waals surface area contributed by atoms with E-state index in [9.17, 15) is 4.79 Å². The molecule has 166 valence electrons. The molecule has 0 radical (unpaired) electrons. The molecule has 0 aliphatic carbocycles. The normalized spacial score (nSPS) is 14.3. The van der Waals surface area contributed by atoms with Crippen molar-refractivity contribution in [1.29, 1.82) is 5.26 Å². The molecular weight excluding hydrogens is 408 g/mol. The predicted octanol–water partition coefficient (Wildman–Crippen LogP) is 2.56. The van der Waals surface area contributed by atoms with Gasteiger partial charge < -0.3 is 19.9 Å². The summed E-state index contributed by atoms with van der Waals surface area (Å²) in [4.78, 5) is 35.1. The Morgan fingerprint density at radius 2 is 2.19 bits per heavy atom. The Hall–Kier alpha value is -3.74. The number of unbranched alkanes of at least 4 members (excludes halogenated alkanes) is 1. The molecule has 0 bridgehead atoms. The van der Waals surface area contributed by atoms with Crippen molar-refractivity contribution in [3.8, 4) is 12.1 Å². The van der Waals surface area contributed by atoms with Gasteiger partial charge in [0.2, 0.25) is 11.8 Å². The number of nitrogens with zero attached hydrogens (tertiary/aromatic N) is 6. The summed E-state index contributed by atoms with van der Waals surface area (Å²) < 4.78 is 5.61. The number of aromatic nitrogens is 5. The van der Waals surface area contributed by atoms with Gasteiger partial charge in [-0.1, -0.05) is 0 Å². The predicted molar refractivity (Wildman–Crippen MR) is 118 cm³/mol. The van der Waals surface area contributed by atoms with Gasteiger partial charge in [-0.2, -0.15) is 20.2 Å². The molecule has 0 spiro atoms. The second-order valence-corrected chi connectivity index (χ2v) is 7.62. The standard InChI is InChI=1S/C22H26N8O2/c1-2-24-20(31)19-27-21(29-22(28-19)32-13-4-3-9-23)30-11-7-15(8-12-30)17-14-26-18-16(17)6-5-10-25-18/h5-6,10,14-15H,2-4,7-8,11-13H2,1H3,(H,24,31)(H,25,26). The average Bonchev–Trinajstić information content (AvgIpc) is 3.26. The van der Waals surface area contributed by atoms with Gasteiger partial charge in [-0.05, 0) is 49.8 Å². The minimum absolute atomic E-state index is 0.0389. The van der Waals surface area contributed by atoms with Gasteiger partial charge in [-0.3, -0.25) is 4.79 Å². The monoisotopic (exact) mass is 434 g/mol. The van der Waals surface area contributed by atoms with Crippen LogP contribution in [0.15, 0.2) is 24.5 Å². The van der Waals surface area contributed by atoms with Crippen molar-refractivity contribution in [2.45, 2.75) is 38.5 Å². The van der Waals surface area contributed by atoms with E-state index in [1.54, 1.807) is 6.20 Å². The molecule has 1 aliphatic rings. The zero-order valence-electron chi connectivity index (χ0n) is 18.0. The number of carbonyl (C=O) groups is 1. The molecule has 0 unspecified atom stereocenters. The number of nitriles is 1. The largest absolute Gasteiger partial charge is 0.463 e. The van der Waals surface area contributed by atoms with Crippen molar-refractivity contribution in [2.24, 2.45) is 0 Å². The zero-order chi connectivity index (χ0) is 22.3. The number of hydrogen-bond donors (Lipinski definition) is 2. The molecule has 1 fully saturated rings. The summed E-state index contributed by atoms with van der Waals surface area (Å²) in [7, 11) is 0. The Labute approximate surface area is 186 Å². The van der Waals surface area contributed by atoms with E-state index in [1.807, 2.05) is 13.0 Å². The molecule has 3 aromatic heterocycles. The van der Waals surface area contributed by atoms with E-state index in [-0.39, 0.29) is 17.7 Å². The number of ether oxygens (including phenoxy) is 1. The van der Waals surface area contributed by atoms with Gasteiger partial charge in [-0.25, -0.2) is 4.98 Å². The molecule has 1 amide bonds. The number of H-pyrrole nitrogens is 1. The van der Waals surface area contributed by atoms with Crippen molar-refractivity contribution in [3.05, 3.63) is 35.9 Å². The smallest absolute Gasteiger partial charge is 0.321 e. The molecular formula is C22H26N8O2. The minimum Gasteiger partial charge on any atom is -0.463 e. The summed E-state index contributed by atoms with van der Waals surface area (Å²) in [6, 6.07) is 6.25. The average molecular weight is 435 g/mol. The molecule has 1 aliphatic heterocycles. The number of piperidine rings is 1. The fourth-order valence-electron chi connectivity index (χ4n) is 3.91. The van der Waals surface area contributed by atoms with Gasteiger partial charge in [0.05, 0.1) is 12.7 Å². The summed E-state index contributed by atoms with van der Waals surface area (Å²) in [6.45, 7) is 4.13. The highest BCUT2D eigenvalue weighted by molar-refractivity contribution is 5.90. The molecule has 0 aromatic carbocycles. The molecule has 4 heterocycles. The topological polar surface area (TPSA) is 133 Å². The molecule has 32 heavy (non-hydrogen) atoms. The summed E-state index contributed by atoms with van der Waals surface area (Å²) in [5, 5.41) is 12.6. The Morgan fingerprint density at radius 1 is 1.34 bits per heavy atom. The van der Waals surface area contributed by atoms with E-state index in [0.29, 0.717) is 37.9 Å². The van der Waals surface area contributed by atoms with Gasteiger partial charge in [0.15, 0.2) is 0 Å². The first kappa shape index (κ1) is 21.5. The van der Waals surface area contributed by atoms with Crippen molar-refractivity contribution >= 4 is 22.9 Å². The fraction of sp³-hybridized carbons (Fsp3) is 0.455. The first-order chi connectivity index (χ1) is 15.7. The maximum atomic E-state index is 12.3. The van der Waals surface area contributed by atoms with Crippen LogP contribution in [-0.2, 0) is 0 Å². The lowest BCUT2D eigenvalue weighted by atomic mass is 9.89. The highest BCUT2D eigenvalue weighted by atomic mass is 16.5. The lowest BCUT2D eigenvalue weighted by molar-refractivity contribution is 0.0943. The van der Waals surface area contributed by atoms with Crippen LogP contribution < -0.4 is 15.0 Å². The molecule has 1 saturated heterocycles. The summed E-state index contributed by atoms with van der Waals surface area (Å²) in [5.74, 6) is 0.530. The lowest BCUT2D eigenvalue weighted by Gasteiger charge is -2.32. The Kier molecular flexibility index (Phi) is 6.75. The van der Waals surface area contributed by atoms with Crippen LogP contribution in [0, 0.1) is 11.3 Å². The number of anilines is 1. The van der Waals surface area contributed by atoms with Crippen LogP contribution in [0.3, 0.4) is 0 Å². The number of amides is 1. The molecule has 4 rings (SSSR count). The second-order valence-electron chi connectivity index (χ2n) is 7.62. The van der Waals surface area contributed by atoms with Crippen LogP contribution in [0.5, 0.6) is 6.01 Å². The van der Waals surface area contributed by atoms with E-state index in [1.165, 1.54) is 5.56 Å². The van der Waals surface area contributed by atoms with Crippen molar-refractivity contribution in [2.75, 3.05) is 31.1 Å². The molecule has 2 N–H and O–H groups in total. The Balaban J connectivity index is 1.49. The van der Waals surface area contributed by atoms with Crippen LogP contribution in [0.1, 0.15) is 54.7 Å². The molecule has 0 saturated carbocycles. The highest BCUT2D eigenvalue weighted by Gasteiger charge is 2.26. The van der Waals surface area contributed by atoms with Gasteiger partial charge in [0, 0.05) is 43.8 Å². The highest BCUT2D eigenvalue weighted by Crippen LogP contribution is 2.33. The third-order valence-corrected chi connectivity index (χ3v) is 5.51. The molecule has 3 aromatic rings. The third-order valence-electron chi connectivity index (χ3n) is 5.51. The zero-order valence-corrected chi connectivity index (χ0v) is 18.0. The quantitative estimate of drug-likeness (QED) is 0.517. The number of nitrogens with one attached hydrogen (secondary N) is 2. The fourth-order valence-corrected chi connectivity index (χ4v) is 3.91. The van der Waals surface area contributed by atoms with E-state index in [0.717, 1.165) is 37.0 Å². The van der Waals surface area contributed by atoms with E-state index >= 15 is 0 Å². The summed E-state index contributed by atoms with van der Waals surface area (Å²) in [5.41, 5.74) is 2.19. The van der Waals surface area contributed by atoms with Crippen molar-refractivity contribution in [1.82, 2.24) is 30.2 Å². The second kappa shape index (κ2) is 10.0. The third kappa shape index (κ3) is 4.77. The maximum Gasteiger partial charge on any atom is 0.321 e. The van der Waals surface area contributed by atoms with Gasteiger partial charge >= 0.3 is 6.01 Å². The number of aromatic amines is 1. The first-order valence-corrected chi connectivity index (χ1v) is 10.9. The SMILES string of the molecule is CCNC(=O)c1nc(OCCCC#N)nc(N2CCC(c3c[nH]c4ncccc34)CC2)n1. The summed E-state index contributed by atoms with van der Waals surface area (Å²) >= 11 is 0. The van der Waals surface area contributed by atoms with Crippen molar-refractivity contribution < 1.29 is 9.53 Å². The maximum absolute atomic E-state index is 12.3.